The van der Waals surface area contributed by atoms with Gasteiger partial charge >= 0.3 is 4.87 Å². The number of anilines is 2. The summed E-state index contributed by atoms with van der Waals surface area (Å²) in [5.74, 6) is -2.49. The van der Waals surface area contributed by atoms with E-state index in [1.165, 1.54) is 15.5 Å². The molecule has 1 aromatic heterocycles. The zero-order valence-electron chi connectivity index (χ0n) is 20.6. The Kier molecular flexibility index (Phi) is 7.82. The molecule has 0 radical (unpaired) electrons. The molecular weight excluding hydrogens is 693 g/mol. The number of imide groups is 1. The van der Waals surface area contributed by atoms with Gasteiger partial charge in [-0.1, -0.05) is 86.0 Å². The van der Waals surface area contributed by atoms with Crippen molar-refractivity contribution < 1.29 is 14.4 Å². The Balaban J connectivity index is 1.40. The molecule has 3 amide bonds. The van der Waals surface area contributed by atoms with E-state index in [1.54, 1.807) is 36.4 Å². The second kappa shape index (κ2) is 11.2. The average molecular weight is 710 g/mol. The number of carbonyl (C=O) groups excluding carboxylic acids is 3. The van der Waals surface area contributed by atoms with Crippen molar-refractivity contribution in [3.63, 3.8) is 0 Å². The standard InChI is InChI=1S/C28H17BrCl3N3O4S2/c29-14-3-1-13(2-4-14)21-22-23(26(38)35(25(22)37)17-8-5-15(30)6-9-17)40-27-24(21)41-28(39)34(27)12-20(36)33-16-7-10-18(31)19(32)11-16/h1-11,21-23H,12H2,(H,33,36)/t21-,22?,23?/m1/s1. The van der Waals surface area contributed by atoms with Crippen LogP contribution in [-0.4, -0.2) is 27.5 Å². The number of hydrogen-bond acceptors (Lipinski definition) is 6. The van der Waals surface area contributed by atoms with Gasteiger partial charge < -0.3 is 5.32 Å². The molecule has 2 aliphatic rings. The van der Waals surface area contributed by atoms with E-state index in [9.17, 15) is 19.2 Å². The SMILES string of the molecule is O=C(Cn1c2c(sc1=O)[C@H](c1ccc(Br)cc1)C1C(=O)N(c3ccc(Cl)cc3)C(=O)C1S2)Nc1ccc(Cl)c(Cl)c1. The average Bonchev–Trinajstić information content (AvgIpc) is 3.38. The maximum Gasteiger partial charge on any atom is 0.308 e. The summed E-state index contributed by atoms with van der Waals surface area (Å²) >= 11 is 23.7. The van der Waals surface area contributed by atoms with Gasteiger partial charge in [0.25, 0.3) is 0 Å². The van der Waals surface area contributed by atoms with Crippen LogP contribution >= 0.6 is 73.8 Å². The fourth-order valence-electron chi connectivity index (χ4n) is 5.05. The van der Waals surface area contributed by atoms with Crippen molar-refractivity contribution in [1.82, 2.24) is 4.57 Å². The first-order valence-electron chi connectivity index (χ1n) is 12.2. The third kappa shape index (κ3) is 5.26. The smallest absolute Gasteiger partial charge is 0.308 e. The van der Waals surface area contributed by atoms with Gasteiger partial charge in [0, 0.05) is 26.0 Å². The quantitative estimate of drug-likeness (QED) is 0.224. The van der Waals surface area contributed by atoms with Crippen LogP contribution < -0.4 is 15.1 Å². The Morgan fingerprint density at radius 1 is 0.902 bits per heavy atom. The zero-order valence-corrected chi connectivity index (χ0v) is 26.1. The fraction of sp³-hybridized carbons (Fsp3) is 0.143. The molecule has 3 aromatic carbocycles. The highest BCUT2D eigenvalue weighted by atomic mass is 79.9. The van der Waals surface area contributed by atoms with Crippen LogP contribution in [0.4, 0.5) is 11.4 Å². The van der Waals surface area contributed by atoms with Crippen molar-refractivity contribution >= 4 is 103 Å². The van der Waals surface area contributed by atoms with Crippen molar-refractivity contribution in [3.05, 3.63) is 106 Å². The van der Waals surface area contributed by atoms with Crippen molar-refractivity contribution in [1.29, 1.82) is 0 Å². The molecule has 0 spiro atoms. The zero-order chi connectivity index (χ0) is 29.0. The van der Waals surface area contributed by atoms with Crippen LogP contribution in [0.5, 0.6) is 0 Å². The van der Waals surface area contributed by atoms with Crippen molar-refractivity contribution in [2.24, 2.45) is 5.92 Å². The maximum absolute atomic E-state index is 13.9. The Bertz CT molecular complexity index is 1780. The molecule has 6 rings (SSSR count). The molecule has 208 valence electrons. The Hall–Kier alpha value is -2.60. The summed E-state index contributed by atoms with van der Waals surface area (Å²) in [5.41, 5.74) is 1.64. The highest BCUT2D eigenvalue weighted by Gasteiger charge is 2.56. The number of rotatable bonds is 5. The molecule has 7 nitrogen and oxygen atoms in total. The molecule has 0 aliphatic carbocycles. The molecule has 2 unspecified atom stereocenters. The number of aromatic nitrogens is 1. The summed E-state index contributed by atoms with van der Waals surface area (Å²) in [7, 11) is 0. The van der Waals surface area contributed by atoms with Crippen molar-refractivity contribution in [2.45, 2.75) is 22.7 Å². The van der Waals surface area contributed by atoms with Crippen LogP contribution in [0, 0.1) is 5.92 Å². The lowest BCUT2D eigenvalue weighted by Crippen LogP contribution is -2.33. The number of thioether (sulfide) groups is 1. The number of thiazole rings is 1. The van der Waals surface area contributed by atoms with Crippen molar-refractivity contribution in [2.75, 3.05) is 10.2 Å². The van der Waals surface area contributed by atoms with E-state index < -0.39 is 23.0 Å². The number of nitrogens with zero attached hydrogens (tertiary/aromatic N) is 2. The van der Waals surface area contributed by atoms with E-state index in [-0.39, 0.29) is 28.3 Å². The predicted molar refractivity (Wildman–Crippen MR) is 167 cm³/mol. The molecule has 2 aliphatic heterocycles. The first kappa shape index (κ1) is 28.5. The lowest BCUT2D eigenvalue weighted by Gasteiger charge is -2.30. The number of nitrogens with one attached hydrogen (secondary N) is 1. The third-order valence-electron chi connectivity index (χ3n) is 6.87. The molecule has 1 fully saturated rings. The molecule has 0 bridgehead atoms. The first-order chi connectivity index (χ1) is 19.6. The highest BCUT2D eigenvalue weighted by molar-refractivity contribution is 9.10. The van der Waals surface area contributed by atoms with Crippen molar-refractivity contribution in [3.8, 4) is 0 Å². The highest BCUT2D eigenvalue weighted by Crippen LogP contribution is 2.54. The van der Waals surface area contributed by atoms with E-state index in [4.69, 9.17) is 34.8 Å². The summed E-state index contributed by atoms with van der Waals surface area (Å²) in [6.07, 6.45) is 0. The van der Waals surface area contributed by atoms with Crippen LogP contribution in [0.1, 0.15) is 16.4 Å². The van der Waals surface area contributed by atoms with E-state index >= 15 is 0 Å². The predicted octanol–water partition coefficient (Wildman–Crippen LogP) is 7.07. The van der Waals surface area contributed by atoms with E-state index in [2.05, 4.69) is 21.2 Å². The number of amides is 3. The van der Waals surface area contributed by atoms with Crippen LogP contribution in [0.3, 0.4) is 0 Å². The summed E-state index contributed by atoms with van der Waals surface area (Å²) in [4.78, 5) is 55.4. The van der Waals surface area contributed by atoms with Gasteiger partial charge in [0.2, 0.25) is 17.7 Å². The minimum atomic E-state index is -0.794. The third-order valence-corrected chi connectivity index (χ3v) is 11.0. The van der Waals surface area contributed by atoms with Gasteiger partial charge in [0.1, 0.15) is 11.8 Å². The van der Waals surface area contributed by atoms with Gasteiger partial charge in [-0.25, -0.2) is 4.90 Å². The molecule has 13 heteroatoms. The Morgan fingerprint density at radius 3 is 2.29 bits per heavy atom. The minimum Gasteiger partial charge on any atom is -0.324 e. The molecule has 4 aromatic rings. The van der Waals surface area contributed by atoms with Crippen LogP contribution in [0.2, 0.25) is 15.1 Å². The van der Waals surface area contributed by atoms with Gasteiger partial charge in [0.05, 0.1) is 26.7 Å². The maximum atomic E-state index is 13.9. The number of fused-ring (bicyclic) bond motifs is 2. The molecule has 0 saturated carbocycles. The Labute approximate surface area is 265 Å². The number of benzene rings is 3. The second-order valence-corrected chi connectivity index (χ2v) is 13.7. The van der Waals surface area contributed by atoms with E-state index in [0.717, 1.165) is 33.1 Å². The molecule has 3 atom stereocenters. The Morgan fingerprint density at radius 2 is 1.61 bits per heavy atom. The van der Waals surface area contributed by atoms with E-state index in [0.29, 0.717) is 31.3 Å². The summed E-state index contributed by atoms with van der Waals surface area (Å²) in [5, 5.41) is 3.55. The van der Waals surface area contributed by atoms with Gasteiger partial charge in [-0.05, 0) is 60.2 Å². The summed E-state index contributed by atoms with van der Waals surface area (Å²) in [6.45, 7) is -0.286. The summed E-state index contributed by atoms with van der Waals surface area (Å²) in [6, 6.07) is 18.7. The largest absolute Gasteiger partial charge is 0.324 e. The van der Waals surface area contributed by atoms with E-state index in [1.807, 2.05) is 24.3 Å². The van der Waals surface area contributed by atoms with Crippen LogP contribution in [0.15, 0.2) is 81.0 Å². The van der Waals surface area contributed by atoms with Gasteiger partial charge in [-0.15, -0.1) is 0 Å². The van der Waals surface area contributed by atoms with Gasteiger partial charge in [-0.3, -0.25) is 23.7 Å². The molecular formula is C28H17BrCl3N3O4S2. The minimum absolute atomic E-state index is 0.281. The lowest BCUT2D eigenvalue weighted by atomic mass is 9.83. The number of halogens is 4. The monoisotopic (exact) mass is 707 g/mol. The molecule has 1 N–H and O–H groups in total. The topological polar surface area (TPSA) is 88.5 Å². The fourth-order valence-corrected chi connectivity index (χ4v) is 8.51. The summed E-state index contributed by atoms with van der Waals surface area (Å²) < 4.78 is 2.21. The van der Waals surface area contributed by atoms with Gasteiger partial charge in [-0.2, -0.15) is 0 Å². The number of hydrogen-bond donors (Lipinski definition) is 1. The molecule has 1 saturated heterocycles. The van der Waals surface area contributed by atoms with Gasteiger partial charge in [0.15, 0.2) is 0 Å². The van der Waals surface area contributed by atoms with Crippen LogP contribution in [-0.2, 0) is 20.9 Å². The second-order valence-electron chi connectivity index (χ2n) is 9.38. The normalized spacial score (nSPS) is 19.7. The number of carbonyl (C=O) groups is 3. The molecule has 41 heavy (non-hydrogen) atoms. The molecule has 3 heterocycles. The first-order valence-corrected chi connectivity index (χ1v) is 15.8. The van der Waals surface area contributed by atoms with Crippen LogP contribution in [0.25, 0.3) is 0 Å². The lowest BCUT2D eigenvalue weighted by molar-refractivity contribution is -0.122.